The molecule has 1 heteroatoms. The van der Waals surface area contributed by atoms with E-state index in [1.54, 1.807) is 0 Å². The van der Waals surface area contributed by atoms with E-state index in [-0.39, 0.29) is 6.10 Å². The van der Waals surface area contributed by atoms with Gasteiger partial charge in [-0.25, -0.2) is 0 Å². The van der Waals surface area contributed by atoms with E-state index in [0.717, 1.165) is 19.3 Å². The molecule has 68 valence electrons. The summed E-state index contributed by atoms with van der Waals surface area (Å²) in [5.74, 6) is 0.682. The molecule has 0 aliphatic heterocycles. The second-order valence-corrected chi connectivity index (χ2v) is 3.55. The molecular formula is C10H22O. The van der Waals surface area contributed by atoms with Crippen LogP contribution in [0.1, 0.15) is 52.9 Å². The van der Waals surface area contributed by atoms with Crippen LogP contribution in [0.4, 0.5) is 0 Å². The summed E-state index contributed by atoms with van der Waals surface area (Å²) < 4.78 is 0. The molecule has 0 aromatic heterocycles. The van der Waals surface area contributed by atoms with Crippen molar-refractivity contribution in [3.8, 4) is 0 Å². The Hall–Kier alpha value is -0.0400. The highest BCUT2D eigenvalue weighted by atomic mass is 16.3. The topological polar surface area (TPSA) is 20.2 Å². The molecule has 0 saturated heterocycles. The molecule has 2 atom stereocenters. The summed E-state index contributed by atoms with van der Waals surface area (Å²) in [7, 11) is 0. The van der Waals surface area contributed by atoms with Gasteiger partial charge in [0, 0.05) is 0 Å². The Bertz CT molecular complexity index is 80.9. The second-order valence-electron chi connectivity index (χ2n) is 3.55. The Morgan fingerprint density at radius 3 is 2.36 bits per heavy atom. The van der Waals surface area contributed by atoms with E-state index in [2.05, 4.69) is 20.8 Å². The van der Waals surface area contributed by atoms with Crippen LogP contribution in [0.2, 0.25) is 0 Å². The predicted molar refractivity (Wildman–Crippen MR) is 49.6 cm³/mol. The van der Waals surface area contributed by atoms with E-state index >= 15 is 0 Å². The number of aliphatic hydroxyl groups is 1. The molecule has 0 radical (unpaired) electrons. The molecule has 11 heavy (non-hydrogen) atoms. The van der Waals surface area contributed by atoms with E-state index in [1.807, 2.05) is 0 Å². The maximum atomic E-state index is 9.48. The lowest BCUT2D eigenvalue weighted by molar-refractivity contribution is 0.132. The Morgan fingerprint density at radius 1 is 1.27 bits per heavy atom. The van der Waals surface area contributed by atoms with Gasteiger partial charge < -0.3 is 5.11 Å². The third kappa shape index (κ3) is 6.36. The summed E-state index contributed by atoms with van der Waals surface area (Å²) in [4.78, 5) is 0. The quantitative estimate of drug-likeness (QED) is 0.630. The van der Waals surface area contributed by atoms with Crippen LogP contribution in [0.15, 0.2) is 0 Å². The number of aliphatic hydroxyl groups excluding tert-OH is 1. The van der Waals surface area contributed by atoms with Crippen molar-refractivity contribution >= 4 is 0 Å². The molecule has 0 unspecified atom stereocenters. The van der Waals surface area contributed by atoms with Crippen molar-refractivity contribution in [1.29, 1.82) is 0 Å². The Morgan fingerprint density at radius 2 is 1.91 bits per heavy atom. The molecule has 1 nitrogen and oxygen atoms in total. The molecule has 0 fully saturated rings. The van der Waals surface area contributed by atoms with Gasteiger partial charge in [0.1, 0.15) is 0 Å². The summed E-state index contributed by atoms with van der Waals surface area (Å²) in [6.45, 7) is 6.54. The Kier molecular flexibility index (Phi) is 6.63. The number of hydrogen-bond donors (Lipinski definition) is 1. The van der Waals surface area contributed by atoms with Crippen molar-refractivity contribution in [2.24, 2.45) is 5.92 Å². The molecule has 0 aliphatic rings. The van der Waals surface area contributed by atoms with Crippen molar-refractivity contribution in [3.05, 3.63) is 0 Å². The number of hydrogen-bond acceptors (Lipinski definition) is 1. The molecule has 0 aromatic carbocycles. The Labute approximate surface area is 70.8 Å². The first-order valence-corrected chi connectivity index (χ1v) is 4.88. The first-order valence-electron chi connectivity index (χ1n) is 4.88. The first kappa shape index (κ1) is 11.0. The molecular weight excluding hydrogens is 136 g/mol. The largest absolute Gasteiger partial charge is 0.393 e. The van der Waals surface area contributed by atoms with Crippen LogP contribution in [0.5, 0.6) is 0 Å². The minimum absolute atomic E-state index is 0.0510. The van der Waals surface area contributed by atoms with E-state index in [9.17, 15) is 5.11 Å². The fourth-order valence-electron chi connectivity index (χ4n) is 1.19. The van der Waals surface area contributed by atoms with Crippen molar-refractivity contribution in [1.82, 2.24) is 0 Å². The standard InChI is InChI=1S/C10H22O/c1-4-6-7-10(11)8-9(3)5-2/h9-11H,4-8H2,1-3H3/t9-,10-/m0/s1. The summed E-state index contributed by atoms with van der Waals surface area (Å²) in [6, 6.07) is 0. The van der Waals surface area contributed by atoms with Gasteiger partial charge in [-0.1, -0.05) is 40.0 Å². The molecule has 0 saturated carbocycles. The third-order valence-electron chi connectivity index (χ3n) is 2.26. The second kappa shape index (κ2) is 6.66. The van der Waals surface area contributed by atoms with Crippen molar-refractivity contribution in [2.75, 3.05) is 0 Å². The summed E-state index contributed by atoms with van der Waals surface area (Å²) in [5, 5.41) is 9.48. The normalized spacial score (nSPS) is 16.4. The fourth-order valence-corrected chi connectivity index (χ4v) is 1.19. The molecule has 0 rings (SSSR count). The lowest BCUT2D eigenvalue weighted by Crippen LogP contribution is -2.10. The lowest BCUT2D eigenvalue weighted by atomic mass is 9.98. The van der Waals surface area contributed by atoms with Crippen LogP contribution in [-0.2, 0) is 0 Å². The van der Waals surface area contributed by atoms with Gasteiger partial charge in [0.05, 0.1) is 6.10 Å². The van der Waals surface area contributed by atoms with Crippen molar-refractivity contribution < 1.29 is 5.11 Å². The minimum atomic E-state index is -0.0510. The fraction of sp³-hybridized carbons (Fsp3) is 1.00. The maximum Gasteiger partial charge on any atom is 0.0542 e. The van der Waals surface area contributed by atoms with Crippen LogP contribution in [0, 0.1) is 5.92 Å². The monoisotopic (exact) mass is 158 g/mol. The third-order valence-corrected chi connectivity index (χ3v) is 2.26. The highest BCUT2D eigenvalue weighted by Crippen LogP contribution is 2.13. The summed E-state index contributed by atoms with van der Waals surface area (Å²) in [5.41, 5.74) is 0. The lowest BCUT2D eigenvalue weighted by Gasteiger charge is -2.13. The molecule has 0 bridgehead atoms. The van der Waals surface area contributed by atoms with Crippen LogP contribution < -0.4 is 0 Å². The maximum absolute atomic E-state index is 9.48. The highest BCUT2D eigenvalue weighted by Gasteiger charge is 2.07. The molecule has 0 amide bonds. The zero-order chi connectivity index (χ0) is 8.69. The molecule has 0 spiro atoms. The minimum Gasteiger partial charge on any atom is -0.393 e. The molecule has 0 heterocycles. The van der Waals surface area contributed by atoms with Crippen LogP contribution in [0.3, 0.4) is 0 Å². The van der Waals surface area contributed by atoms with E-state index in [0.29, 0.717) is 5.92 Å². The van der Waals surface area contributed by atoms with E-state index in [4.69, 9.17) is 0 Å². The SMILES string of the molecule is CCCC[C@H](O)C[C@@H](C)CC. The predicted octanol–water partition coefficient (Wildman–Crippen LogP) is 2.97. The smallest absolute Gasteiger partial charge is 0.0542 e. The van der Waals surface area contributed by atoms with Crippen LogP contribution >= 0.6 is 0 Å². The van der Waals surface area contributed by atoms with Crippen molar-refractivity contribution in [3.63, 3.8) is 0 Å². The van der Waals surface area contributed by atoms with Crippen LogP contribution in [-0.4, -0.2) is 11.2 Å². The molecule has 0 aliphatic carbocycles. The number of unbranched alkanes of at least 4 members (excludes halogenated alkanes) is 1. The first-order chi connectivity index (χ1) is 5.20. The molecule has 0 aromatic rings. The zero-order valence-electron chi connectivity index (χ0n) is 8.14. The highest BCUT2D eigenvalue weighted by molar-refractivity contribution is 4.59. The van der Waals surface area contributed by atoms with Gasteiger partial charge in [-0.3, -0.25) is 0 Å². The summed E-state index contributed by atoms with van der Waals surface area (Å²) >= 11 is 0. The van der Waals surface area contributed by atoms with Crippen LogP contribution in [0.25, 0.3) is 0 Å². The van der Waals surface area contributed by atoms with E-state index in [1.165, 1.54) is 12.8 Å². The Balaban J connectivity index is 3.27. The zero-order valence-corrected chi connectivity index (χ0v) is 8.14. The van der Waals surface area contributed by atoms with Gasteiger partial charge in [-0.15, -0.1) is 0 Å². The van der Waals surface area contributed by atoms with Gasteiger partial charge in [0.25, 0.3) is 0 Å². The molecule has 1 N–H and O–H groups in total. The van der Waals surface area contributed by atoms with Gasteiger partial charge >= 0.3 is 0 Å². The number of rotatable bonds is 6. The summed E-state index contributed by atoms with van der Waals surface area (Å²) in [6.07, 6.45) is 5.46. The van der Waals surface area contributed by atoms with Gasteiger partial charge in [0.2, 0.25) is 0 Å². The van der Waals surface area contributed by atoms with E-state index < -0.39 is 0 Å². The van der Waals surface area contributed by atoms with Crippen molar-refractivity contribution in [2.45, 2.75) is 59.0 Å². The van der Waals surface area contributed by atoms with Gasteiger partial charge in [-0.2, -0.15) is 0 Å². The average Bonchev–Trinajstić information content (AvgIpc) is 2.00. The van der Waals surface area contributed by atoms with Gasteiger partial charge in [0.15, 0.2) is 0 Å². The van der Waals surface area contributed by atoms with Gasteiger partial charge in [-0.05, 0) is 18.8 Å². The average molecular weight is 158 g/mol.